The van der Waals surface area contributed by atoms with Gasteiger partial charge in [-0.25, -0.2) is 4.98 Å². The number of nitrogens with zero attached hydrogens (tertiary/aromatic N) is 5. The molecule has 14 heavy (non-hydrogen) atoms. The first-order valence-corrected chi connectivity index (χ1v) is 4.12. The molecule has 0 aliphatic rings. The SMILES string of the molecule is N#CCN(CC#N)c1cncc(Cl)n1. The van der Waals surface area contributed by atoms with Crippen LogP contribution in [0.15, 0.2) is 12.4 Å². The first kappa shape index (κ1) is 10.2. The third-order valence-corrected chi connectivity index (χ3v) is 1.62. The molecule has 6 heteroatoms. The first-order chi connectivity index (χ1) is 6.77. The molecule has 0 radical (unpaired) electrons. The van der Waals surface area contributed by atoms with Crippen LogP contribution in [0.4, 0.5) is 5.82 Å². The van der Waals surface area contributed by atoms with Crippen molar-refractivity contribution in [1.29, 1.82) is 10.5 Å². The summed E-state index contributed by atoms with van der Waals surface area (Å²) >= 11 is 5.62. The summed E-state index contributed by atoms with van der Waals surface area (Å²) in [7, 11) is 0. The van der Waals surface area contributed by atoms with Crippen LogP contribution in [0, 0.1) is 22.7 Å². The molecule has 0 spiro atoms. The minimum atomic E-state index is 0.0859. The van der Waals surface area contributed by atoms with Gasteiger partial charge in [0, 0.05) is 0 Å². The molecule has 0 saturated carbocycles. The Morgan fingerprint density at radius 1 is 1.29 bits per heavy atom. The normalized spacial score (nSPS) is 8.79. The Balaban J connectivity index is 2.89. The van der Waals surface area contributed by atoms with E-state index < -0.39 is 0 Å². The van der Waals surface area contributed by atoms with Gasteiger partial charge in [-0.1, -0.05) is 11.6 Å². The van der Waals surface area contributed by atoms with Gasteiger partial charge in [-0.15, -0.1) is 0 Å². The molecular formula is C8H6ClN5. The van der Waals surface area contributed by atoms with Gasteiger partial charge >= 0.3 is 0 Å². The number of nitriles is 2. The van der Waals surface area contributed by atoms with E-state index in [4.69, 9.17) is 22.1 Å². The van der Waals surface area contributed by atoms with Gasteiger partial charge in [-0.3, -0.25) is 4.98 Å². The zero-order valence-electron chi connectivity index (χ0n) is 7.18. The van der Waals surface area contributed by atoms with Gasteiger partial charge in [-0.2, -0.15) is 10.5 Å². The lowest BCUT2D eigenvalue weighted by atomic mass is 10.5. The highest BCUT2D eigenvalue weighted by Crippen LogP contribution is 2.11. The van der Waals surface area contributed by atoms with E-state index in [0.717, 1.165) is 0 Å². The van der Waals surface area contributed by atoms with Crippen LogP contribution in [-0.2, 0) is 0 Å². The number of halogens is 1. The van der Waals surface area contributed by atoms with Crippen LogP contribution in [0.3, 0.4) is 0 Å². The standard InChI is InChI=1S/C8H6ClN5/c9-7-5-12-6-8(13-7)14(3-1-10)4-2-11/h5-6H,3-4H2. The van der Waals surface area contributed by atoms with Crippen LogP contribution in [0.2, 0.25) is 5.15 Å². The number of hydrogen-bond acceptors (Lipinski definition) is 5. The molecule has 0 saturated heterocycles. The van der Waals surface area contributed by atoms with Crippen molar-refractivity contribution in [2.45, 2.75) is 0 Å². The van der Waals surface area contributed by atoms with Crippen molar-refractivity contribution >= 4 is 17.4 Å². The number of hydrogen-bond donors (Lipinski definition) is 0. The van der Waals surface area contributed by atoms with Crippen molar-refractivity contribution < 1.29 is 0 Å². The van der Waals surface area contributed by atoms with Crippen molar-refractivity contribution in [3.05, 3.63) is 17.5 Å². The van der Waals surface area contributed by atoms with Gasteiger partial charge in [0.25, 0.3) is 0 Å². The van der Waals surface area contributed by atoms with Crippen LogP contribution in [0.25, 0.3) is 0 Å². The fraction of sp³-hybridized carbons (Fsp3) is 0.250. The van der Waals surface area contributed by atoms with Gasteiger partial charge in [0.15, 0.2) is 5.82 Å². The topological polar surface area (TPSA) is 76.6 Å². The number of aromatic nitrogens is 2. The van der Waals surface area contributed by atoms with Crippen LogP contribution in [-0.4, -0.2) is 23.1 Å². The summed E-state index contributed by atoms with van der Waals surface area (Å²) in [6.07, 6.45) is 2.85. The Morgan fingerprint density at radius 2 is 1.93 bits per heavy atom. The van der Waals surface area contributed by atoms with E-state index in [2.05, 4.69) is 9.97 Å². The van der Waals surface area contributed by atoms with Crippen LogP contribution >= 0.6 is 11.6 Å². The largest absolute Gasteiger partial charge is 0.329 e. The van der Waals surface area contributed by atoms with E-state index in [1.54, 1.807) is 0 Å². The maximum absolute atomic E-state index is 8.51. The number of anilines is 1. The van der Waals surface area contributed by atoms with E-state index in [1.807, 2.05) is 12.1 Å². The van der Waals surface area contributed by atoms with Crippen LogP contribution in [0.1, 0.15) is 0 Å². The molecule has 0 atom stereocenters. The summed E-state index contributed by atoms with van der Waals surface area (Å²) in [6.45, 7) is 0.172. The summed E-state index contributed by atoms with van der Waals surface area (Å²) in [5.74, 6) is 0.431. The second-order valence-electron chi connectivity index (χ2n) is 2.37. The molecule has 0 N–H and O–H groups in total. The molecule has 0 bridgehead atoms. The molecule has 1 aromatic heterocycles. The number of rotatable bonds is 3. The van der Waals surface area contributed by atoms with Crippen LogP contribution < -0.4 is 4.90 Å². The molecular weight excluding hydrogens is 202 g/mol. The molecule has 1 aromatic rings. The summed E-state index contributed by atoms with van der Waals surface area (Å²) < 4.78 is 0. The molecule has 0 fully saturated rings. The fourth-order valence-electron chi connectivity index (χ4n) is 0.874. The van der Waals surface area contributed by atoms with Gasteiger partial charge in [-0.05, 0) is 0 Å². The summed E-state index contributed by atoms with van der Waals surface area (Å²) in [5.41, 5.74) is 0. The molecule has 0 unspecified atom stereocenters. The monoisotopic (exact) mass is 207 g/mol. The smallest absolute Gasteiger partial charge is 0.150 e. The van der Waals surface area contributed by atoms with E-state index in [0.29, 0.717) is 5.82 Å². The maximum atomic E-state index is 8.51. The van der Waals surface area contributed by atoms with E-state index >= 15 is 0 Å². The minimum absolute atomic E-state index is 0.0859. The Bertz CT molecular complexity index is 375. The second-order valence-corrected chi connectivity index (χ2v) is 2.76. The zero-order chi connectivity index (χ0) is 10.4. The highest BCUT2D eigenvalue weighted by molar-refractivity contribution is 6.29. The van der Waals surface area contributed by atoms with Gasteiger partial charge in [0.1, 0.15) is 18.2 Å². The average Bonchev–Trinajstić information content (AvgIpc) is 2.17. The summed E-state index contributed by atoms with van der Waals surface area (Å²) in [6, 6.07) is 3.87. The predicted molar refractivity (Wildman–Crippen MR) is 50.5 cm³/mol. The van der Waals surface area contributed by atoms with E-state index in [9.17, 15) is 0 Å². The summed E-state index contributed by atoms with van der Waals surface area (Å²) in [4.78, 5) is 9.24. The lowest BCUT2D eigenvalue weighted by molar-refractivity contribution is 0.925. The molecule has 0 aromatic carbocycles. The Hall–Kier alpha value is -1.85. The van der Waals surface area contributed by atoms with Gasteiger partial charge in [0.05, 0.1) is 24.5 Å². The van der Waals surface area contributed by atoms with Gasteiger partial charge < -0.3 is 4.90 Å². The third kappa shape index (κ3) is 2.58. The van der Waals surface area contributed by atoms with Crippen LogP contribution in [0.5, 0.6) is 0 Å². The highest BCUT2D eigenvalue weighted by Gasteiger charge is 2.07. The third-order valence-electron chi connectivity index (χ3n) is 1.44. The van der Waals surface area contributed by atoms with E-state index in [-0.39, 0.29) is 18.2 Å². The first-order valence-electron chi connectivity index (χ1n) is 3.74. The minimum Gasteiger partial charge on any atom is -0.329 e. The predicted octanol–water partition coefficient (Wildman–Crippen LogP) is 0.984. The lowest BCUT2D eigenvalue weighted by Crippen LogP contribution is -2.24. The Labute approximate surface area is 86.2 Å². The molecule has 0 amide bonds. The van der Waals surface area contributed by atoms with Crippen molar-refractivity contribution in [3.8, 4) is 12.1 Å². The zero-order valence-corrected chi connectivity index (χ0v) is 7.94. The second kappa shape index (κ2) is 5.00. The molecule has 0 aliphatic carbocycles. The van der Waals surface area contributed by atoms with E-state index in [1.165, 1.54) is 17.3 Å². The van der Waals surface area contributed by atoms with Crippen molar-refractivity contribution in [2.24, 2.45) is 0 Å². The average molecular weight is 208 g/mol. The van der Waals surface area contributed by atoms with Crippen molar-refractivity contribution in [3.63, 3.8) is 0 Å². The Kier molecular flexibility index (Phi) is 3.66. The quantitative estimate of drug-likeness (QED) is 0.691. The van der Waals surface area contributed by atoms with Gasteiger partial charge in [0.2, 0.25) is 0 Å². The van der Waals surface area contributed by atoms with Crippen molar-refractivity contribution in [2.75, 3.05) is 18.0 Å². The highest BCUT2D eigenvalue weighted by atomic mass is 35.5. The molecule has 0 aliphatic heterocycles. The fourth-order valence-corrected chi connectivity index (χ4v) is 1.02. The molecule has 70 valence electrons. The molecule has 1 heterocycles. The lowest BCUT2D eigenvalue weighted by Gasteiger charge is -2.15. The molecule has 5 nitrogen and oxygen atoms in total. The maximum Gasteiger partial charge on any atom is 0.150 e. The molecule has 1 rings (SSSR count). The summed E-state index contributed by atoms with van der Waals surface area (Å²) in [5, 5.41) is 17.3. The van der Waals surface area contributed by atoms with Crippen molar-refractivity contribution in [1.82, 2.24) is 9.97 Å². The Morgan fingerprint density at radius 3 is 2.43 bits per heavy atom.